The summed E-state index contributed by atoms with van der Waals surface area (Å²) in [5.41, 5.74) is 7.17. The first-order chi connectivity index (χ1) is 8.47. The second-order valence-corrected chi connectivity index (χ2v) is 4.64. The molecule has 2 rings (SSSR count). The van der Waals surface area contributed by atoms with Crippen LogP contribution in [0, 0.1) is 12.7 Å². The molecule has 0 unspecified atom stereocenters. The minimum atomic E-state index is -0.359. The van der Waals surface area contributed by atoms with Crippen LogP contribution >= 0.6 is 23.2 Å². The second-order valence-electron chi connectivity index (χ2n) is 3.80. The number of hydrogen-bond donors (Lipinski definition) is 2. The van der Waals surface area contributed by atoms with E-state index >= 15 is 0 Å². The monoisotopic (exact) mass is 285 g/mol. The molecule has 0 amide bonds. The molecule has 1 aromatic carbocycles. The second kappa shape index (κ2) is 5.00. The summed E-state index contributed by atoms with van der Waals surface area (Å²) in [6.07, 6.45) is 1.46. The molecule has 0 aliphatic rings. The molecular weight excluding hydrogens is 276 g/mol. The average Bonchev–Trinajstić information content (AvgIpc) is 2.29. The van der Waals surface area contributed by atoms with Crippen molar-refractivity contribution < 1.29 is 4.39 Å². The maximum absolute atomic E-state index is 13.3. The van der Waals surface area contributed by atoms with Crippen LogP contribution in [0.15, 0.2) is 24.4 Å². The molecule has 3 N–H and O–H groups in total. The van der Waals surface area contributed by atoms with Crippen molar-refractivity contribution in [2.75, 3.05) is 11.1 Å². The lowest BCUT2D eigenvalue weighted by Crippen LogP contribution is -2.00. The topological polar surface area (TPSA) is 50.9 Å². The van der Waals surface area contributed by atoms with Gasteiger partial charge in [0.05, 0.1) is 21.4 Å². The van der Waals surface area contributed by atoms with Crippen molar-refractivity contribution in [2.45, 2.75) is 6.92 Å². The highest BCUT2D eigenvalue weighted by Gasteiger charge is 2.08. The first-order valence-electron chi connectivity index (χ1n) is 5.11. The predicted octanol–water partition coefficient (Wildman–Crippen LogP) is 4.16. The lowest BCUT2D eigenvalue weighted by Gasteiger charge is -2.11. The van der Waals surface area contributed by atoms with Gasteiger partial charge >= 0.3 is 0 Å². The highest BCUT2D eigenvalue weighted by molar-refractivity contribution is 6.33. The Morgan fingerprint density at radius 3 is 2.67 bits per heavy atom. The zero-order chi connectivity index (χ0) is 13.3. The molecule has 0 saturated heterocycles. The largest absolute Gasteiger partial charge is 0.396 e. The zero-order valence-electron chi connectivity index (χ0n) is 9.47. The van der Waals surface area contributed by atoms with Crippen molar-refractivity contribution in [1.82, 2.24) is 4.98 Å². The number of rotatable bonds is 2. The Hall–Kier alpha value is -1.52. The highest BCUT2D eigenvalue weighted by atomic mass is 35.5. The van der Waals surface area contributed by atoms with Crippen molar-refractivity contribution in [2.24, 2.45) is 0 Å². The van der Waals surface area contributed by atoms with E-state index in [4.69, 9.17) is 28.9 Å². The molecular formula is C12H10Cl2FN3. The predicted molar refractivity (Wildman–Crippen MR) is 73.1 cm³/mol. The minimum Gasteiger partial charge on any atom is -0.396 e. The van der Waals surface area contributed by atoms with Gasteiger partial charge in [0.2, 0.25) is 0 Å². The molecule has 0 bridgehead atoms. The quantitative estimate of drug-likeness (QED) is 0.871. The van der Waals surface area contributed by atoms with Gasteiger partial charge in [0.25, 0.3) is 0 Å². The number of nitrogen functional groups attached to an aromatic ring is 1. The van der Waals surface area contributed by atoms with Crippen molar-refractivity contribution in [3.8, 4) is 0 Å². The van der Waals surface area contributed by atoms with E-state index in [0.29, 0.717) is 27.8 Å². The summed E-state index contributed by atoms with van der Waals surface area (Å²) in [5, 5.41) is 3.64. The summed E-state index contributed by atoms with van der Waals surface area (Å²) in [6, 6.07) is 4.40. The van der Waals surface area contributed by atoms with Crippen LogP contribution in [0.2, 0.25) is 10.0 Å². The van der Waals surface area contributed by atoms with Gasteiger partial charge in [-0.25, -0.2) is 9.37 Å². The Balaban J connectivity index is 2.37. The summed E-state index contributed by atoms with van der Waals surface area (Å²) in [4.78, 5) is 4.05. The number of anilines is 3. The van der Waals surface area contributed by atoms with Crippen LogP contribution in [-0.4, -0.2) is 4.98 Å². The number of pyridine rings is 1. The van der Waals surface area contributed by atoms with Gasteiger partial charge in [-0.15, -0.1) is 0 Å². The standard InChI is InChI=1S/C12H10Cl2FN3/c1-6-2-11(8(14)4-9(6)15)18-12-10(16)3-7(13)5-17-12/h2-5H,16H2,1H3,(H,17,18). The van der Waals surface area contributed by atoms with Gasteiger partial charge in [-0.05, 0) is 30.7 Å². The Morgan fingerprint density at radius 1 is 1.28 bits per heavy atom. The third-order valence-corrected chi connectivity index (χ3v) is 2.90. The van der Waals surface area contributed by atoms with Crippen molar-refractivity contribution in [3.63, 3.8) is 0 Å². The van der Waals surface area contributed by atoms with E-state index in [2.05, 4.69) is 10.3 Å². The van der Waals surface area contributed by atoms with Gasteiger partial charge in [0, 0.05) is 6.20 Å². The zero-order valence-corrected chi connectivity index (χ0v) is 11.0. The third kappa shape index (κ3) is 2.66. The number of aryl methyl sites for hydroxylation is 1. The van der Waals surface area contributed by atoms with Crippen LogP contribution < -0.4 is 11.1 Å². The van der Waals surface area contributed by atoms with Crippen LogP contribution in [-0.2, 0) is 0 Å². The maximum Gasteiger partial charge on any atom is 0.153 e. The summed E-state index contributed by atoms with van der Waals surface area (Å²) >= 11 is 11.7. The van der Waals surface area contributed by atoms with Crippen molar-refractivity contribution >= 4 is 40.4 Å². The molecule has 94 valence electrons. The normalized spacial score (nSPS) is 10.4. The minimum absolute atomic E-state index is 0.259. The molecule has 1 heterocycles. The number of nitrogens with zero attached hydrogens (tertiary/aromatic N) is 1. The first kappa shape index (κ1) is 12.9. The molecule has 0 aliphatic heterocycles. The van der Waals surface area contributed by atoms with Crippen LogP contribution in [0.3, 0.4) is 0 Å². The molecule has 1 aromatic heterocycles. The fourth-order valence-corrected chi connectivity index (χ4v) is 1.80. The van der Waals surface area contributed by atoms with E-state index in [9.17, 15) is 4.39 Å². The number of aromatic nitrogens is 1. The van der Waals surface area contributed by atoms with E-state index in [1.165, 1.54) is 12.3 Å². The van der Waals surface area contributed by atoms with Crippen molar-refractivity contribution in [1.29, 1.82) is 0 Å². The van der Waals surface area contributed by atoms with E-state index in [1.54, 1.807) is 19.1 Å². The average molecular weight is 286 g/mol. The van der Waals surface area contributed by atoms with Crippen molar-refractivity contribution in [3.05, 3.63) is 45.8 Å². The first-order valence-corrected chi connectivity index (χ1v) is 5.86. The van der Waals surface area contributed by atoms with Crippen LogP contribution in [0.4, 0.5) is 21.6 Å². The van der Waals surface area contributed by atoms with Crippen LogP contribution in [0.5, 0.6) is 0 Å². The number of benzene rings is 1. The van der Waals surface area contributed by atoms with Crippen LogP contribution in [0.1, 0.15) is 5.56 Å². The fourth-order valence-electron chi connectivity index (χ4n) is 1.44. The van der Waals surface area contributed by atoms with E-state index in [1.807, 2.05) is 0 Å². The van der Waals surface area contributed by atoms with Gasteiger partial charge in [-0.3, -0.25) is 0 Å². The van der Waals surface area contributed by atoms with Gasteiger partial charge < -0.3 is 11.1 Å². The molecule has 0 spiro atoms. The fraction of sp³-hybridized carbons (Fsp3) is 0.0833. The summed E-state index contributed by atoms with van der Waals surface area (Å²) in [6.45, 7) is 1.65. The Bertz CT molecular complexity index is 602. The Labute approximate surface area is 114 Å². The Kier molecular flexibility index (Phi) is 3.59. The van der Waals surface area contributed by atoms with Gasteiger partial charge in [0.15, 0.2) is 5.82 Å². The SMILES string of the molecule is Cc1cc(Nc2ncc(Cl)cc2N)c(Cl)cc1F. The number of halogens is 3. The molecule has 18 heavy (non-hydrogen) atoms. The summed E-state index contributed by atoms with van der Waals surface area (Å²) in [7, 11) is 0. The van der Waals surface area contributed by atoms with E-state index in [0.717, 1.165) is 0 Å². The molecule has 0 atom stereocenters. The molecule has 0 radical (unpaired) electrons. The number of hydrogen-bond acceptors (Lipinski definition) is 3. The van der Waals surface area contributed by atoms with E-state index in [-0.39, 0.29) is 10.8 Å². The molecule has 3 nitrogen and oxygen atoms in total. The Morgan fingerprint density at radius 2 is 2.00 bits per heavy atom. The molecule has 2 aromatic rings. The maximum atomic E-state index is 13.3. The lowest BCUT2D eigenvalue weighted by atomic mass is 10.2. The van der Waals surface area contributed by atoms with Gasteiger partial charge in [0.1, 0.15) is 5.82 Å². The number of nitrogens with two attached hydrogens (primary N) is 1. The lowest BCUT2D eigenvalue weighted by molar-refractivity contribution is 0.619. The third-order valence-electron chi connectivity index (χ3n) is 2.39. The van der Waals surface area contributed by atoms with E-state index < -0.39 is 0 Å². The van der Waals surface area contributed by atoms with Gasteiger partial charge in [-0.1, -0.05) is 23.2 Å². The summed E-state index contributed by atoms with van der Waals surface area (Å²) in [5.74, 6) is 0.0647. The molecule has 0 aliphatic carbocycles. The molecule has 0 saturated carbocycles. The molecule has 0 fully saturated rings. The van der Waals surface area contributed by atoms with Gasteiger partial charge in [-0.2, -0.15) is 0 Å². The highest BCUT2D eigenvalue weighted by Crippen LogP contribution is 2.30. The smallest absolute Gasteiger partial charge is 0.153 e. The number of nitrogens with one attached hydrogen (secondary N) is 1. The molecule has 6 heteroatoms. The van der Waals surface area contributed by atoms with Crippen LogP contribution in [0.25, 0.3) is 0 Å². The summed E-state index contributed by atoms with van der Waals surface area (Å²) < 4.78 is 13.3.